The number of nitrogens with zero attached hydrogens (tertiary/aromatic N) is 3. The highest BCUT2D eigenvalue weighted by Gasteiger charge is 2.28. The number of anilines is 1. The predicted molar refractivity (Wildman–Crippen MR) is 103 cm³/mol. The van der Waals surface area contributed by atoms with Gasteiger partial charge in [-0.15, -0.1) is 0 Å². The molecule has 0 saturated carbocycles. The number of rotatable bonds is 4. The Morgan fingerprint density at radius 1 is 1.08 bits per heavy atom. The summed E-state index contributed by atoms with van der Waals surface area (Å²) in [5.74, 6) is 0.117. The Morgan fingerprint density at radius 3 is 2.36 bits per heavy atom. The van der Waals surface area contributed by atoms with Crippen molar-refractivity contribution >= 4 is 11.6 Å². The van der Waals surface area contributed by atoms with Crippen molar-refractivity contribution in [1.29, 1.82) is 0 Å². The van der Waals surface area contributed by atoms with Crippen molar-refractivity contribution < 1.29 is 4.79 Å². The Kier molecular flexibility index (Phi) is 5.64. The first-order valence-electron chi connectivity index (χ1n) is 9.59. The molecule has 2 saturated heterocycles. The van der Waals surface area contributed by atoms with E-state index < -0.39 is 0 Å². The first kappa shape index (κ1) is 18.2. The molecule has 0 aromatic heterocycles. The topological polar surface area (TPSA) is 52.8 Å². The molecule has 2 unspecified atom stereocenters. The smallest absolute Gasteiger partial charge is 0.254 e. The van der Waals surface area contributed by atoms with Gasteiger partial charge in [0, 0.05) is 62.6 Å². The summed E-state index contributed by atoms with van der Waals surface area (Å²) in [6.45, 7) is 12.4. The number of hydrogen-bond acceptors (Lipinski definition) is 4. The number of aryl methyl sites for hydroxylation is 1. The average Bonchev–Trinajstić information content (AvgIpc) is 2.93. The maximum Gasteiger partial charge on any atom is 0.254 e. The minimum Gasteiger partial charge on any atom is -0.399 e. The molecule has 3 rings (SSSR count). The van der Waals surface area contributed by atoms with Crippen LogP contribution in [0.2, 0.25) is 0 Å². The second-order valence-electron chi connectivity index (χ2n) is 7.72. The van der Waals surface area contributed by atoms with Gasteiger partial charge in [0.1, 0.15) is 0 Å². The summed E-state index contributed by atoms with van der Waals surface area (Å²) in [7, 11) is 0. The molecule has 2 aliphatic heterocycles. The van der Waals surface area contributed by atoms with Gasteiger partial charge >= 0.3 is 0 Å². The van der Waals surface area contributed by atoms with Gasteiger partial charge in [0.15, 0.2) is 0 Å². The molecule has 1 aromatic carbocycles. The highest BCUT2D eigenvalue weighted by Crippen LogP contribution is 2.23. The lowest BCUT2D eigenvalue weighted by molar-refractivity contribution is 0.0614. The number of amides is 1. The summed E-state index contributed by atoms with van der Waals surface area (Å²) in [6.07, 6.45) is 2.64. The average molecular weight is 345 g/mol. The van der Waals surface area contributed by atoms with E-state index >= 15 is 0 Å². The summed E-state index contributed by atoms with van der Waals surface area (Å²) in [5, 5.41) is 0. The highest BCUT2D eigenvalue weighted by molar-refractivity contribution is 5.96. The van der Waals surface area contributed by atoms with E-state index in [-0.39, 0.29) is 5.91 Å². The fourth-order valence-electron chi connectivity index (χ4n) is 4.16. The van der Waals surface area contributed by atoms with Gasteiger partial charge in [0.05, 0.1) is 0 Å². The van der Waals surface area contributed by atoms with Crippen molar-refractivity contribution in [1.82, 2.24) is 14.7 Å². The zero-order valence-electron chi connectivity index (χ0n) is 15.9. The first-order chi connectivity index (χ1) is 12.0. The van der Waals surface area contributed by atoms with Gasteiger partial charge in [-0.05, 0) is 51.3 Å². The van der Waals surface area contributed by atoms with Crippen molar-refractivity contribution in [2.45, 2.75) is 45.7 Å². The molecule has 2 N–H and O–H groups in total. The van der Waals surface area contributed by atoms with Crippen LogP contribution < -0.4 is 5.73 Å². The molecular weight excluding hydrogens is 312 g/mol. The number of benzene rings is 1. The zero-order valence-corrected chi connectivity index (χ0v) is 15.9. The summed E-state index contributed by atoms with van der Waals surface area (Å²) >= 11 is 0. The third-order valence-corrected chi connectivity index (χ3v) is 5.96. The van der Waals surface area contributed by atoms with Gasteiger partial charge in [-0.25, -0.2) is 0 Å². The van der Waals surface area contributed by atoms with Gasteiger partial charge in [-0.3, -0.25) is 14.6 Å². The molecule has 5 heteroatoms. The van der Waals surface area contributed by atoms with Crippen molar-refractivity contribution in [3.8, 4) is 0 Å². The van der Waals surface area contributed by atoms with E-state index in [1.54, 1.807) is 6.07 Å². The highest BCUT2D eigenvalue weighted by atomic mass is 16.2. The van der Waals surface area contributed by atoms with Crippen LogP contribution in [0.25, 0.3) is 0 Å². The summed E-state index contributed by atoms with van der Waals surface area (Å²) in [4.78, 5) is 19.9. The molecule has 2 aliphatic rings. The molecule has 5 nitrogen and oxygen atoms in total. The zero-order chi connectivity index (χ0) is 18.0. The third kappa shape index (κ3) is 4.15. The van der Waals surface area contributed by atoms with Crippen LogP contribution in [0.3, 0.4) is 0 Å². The van der Waals surface area contributed by atoms with E-state index in [0.717, 1.165) is 50.4 Å². The maximum atomic E-state index is 12.8. The second kappa shape index (κ2) is 7.75. The molecule has 2 atom stereocenters. The van der Waals surface area contributed by atoms with E-state index in [2.05, 4.69) is 23.6 Å². The number of carbonyl (C=O) groups excluding carboxylic acids is 1. The normalized spacial score (nSPS) is 25.5. The van der Waals surface area contributed by atoms with Crippen molar-refractivity contribution in [3.63, 3.8) is 0 Å². The molecule has 0 spiro atoms. The molecule has 138 valence electrons. The lowest BCUT2D eigenvalue weighted by atomic mass is 10.1. The standard InChI is InChI=1S/C20H32N4O/c1-15-4-7-18(21)14-19(15)20(25)23-11-8-22(9-12-23)10-13-24-16(2)5-6-17(24)3/h4,7,14,16-17H,5-6,8-13,21H2,1-3H3. The molecular formula is C20H32N4O. The molecule has 0 aliphatic carbocycles. The van der Waals surface area contributed by atoms with Crippen molar-refractivity contribution in [2.24, 2.45) is 0 Å². The van der Waals surface area contributed by atoms with Gasteiger partial charge in [-0.2, -0.15) is 0 Å². The largest absolute Gasteiger partial charge is 0.399 e. The van der Waals surface area contributed by atoms with Crippen LogP contribution in [-0.2, 0) is 0 Å². The SMILES string of the molecule is Cc1ccc(N)cc1C(=O)N1CCN(CCN2C(C)CCC2C)CC1. The molecule has 1 amide bonds. The van der Waals surface area contributed by atoms with Crippen LogP contribution in [-0.4, -0.2) is 72.0 Å². The lowest BCUT2D eigenvalue weighted by Crippen LogP contribution is -2.51. The van der Waals surface area contributed by atoms with Gasteiger partial charge in [-0.1, -0.05) is 6.07 Å². The van der Waals surface area contributed by atoms with Gasteiger partial charge in [0.2, 0.25) is 0 Å². The van der Waals surface area contributed by atoms with E-state index in [1.807, 2.05) is 24.0 Å². The van der Waals surface area contributed by atoms with Crippen molar-refractivity contribution in [3.05, 3.63) is 29.3 Å². The molecule has 25 heavy (non-hydrogen) atoms. The molecule has 2 fully saturated rings. The number of likely N-dealkylation sites (tertiary alicyclic amines) is 1. The second-order valence-corrected chi connectivity index (χ2v) is 7.72. The van der Waals surface area contributed by atoms with Crippen LogP contribution in [0.4, 0.5) is 5.69 Å². The Labute approximate surface area is 151 Å². The summed E-state index contributed by atoms with van der Waals surface area (Å²) in [5.41, 5.74) is 8.25. The summed E-state index contributed by atoms with van der Waals surface area (Å²) < 4.78 is 0. The van der Waals surface area contributed by atoms with E-state index in [9.17, 15) is 4.79 Å². The van der Waals surface area contributed by atoms with Crippen LogP contribution in [0.15, 0.2) is 18.2 Å². The van der Waals surface area contributed by atoms with Crippen LogP contribution in [0.5, 0.6) is 0 Å². The molecule has 1 aromatic rings. The van der Waals surface area contributed by atoms with E-state index in [0.29, 0.717) is 17.8 Å². The minimum atomic E-state index is 0.117. The Morgan fingerprint density at radius 2 is 1.72 bits per heavy atom. The number of hydrogen-bond donors (Lipinski definition) is 1. The Balaban J connectivity index is 1.50. The number of nitrogens with two attached hydrogens (primary N) is 1. The van der Waals surface area contributed by atoms with E-state index in [4.69, 9.17) is 5.73 Å². The number of piperazine rings is 1. The van der Waals surface area contributed by atoms with Gasteiger partial charge < -0.3 is 10.6 Å². The van der Waals surface area contributed by atoms with Crippen LogP contribution in [0, 0.1) is 6.92 Å². The van der Waals surface area contributed by atoms with Crippen LogP contribution >= 0.6 is 0 Å². The summed E-state index contributed by atoms with van der Waals surface area (Å²) in [6, 6.07) is 7.01. The van der Waals surface area contributed by atoms with Gasteiger partial charge in [0.25, 0.3) is 5.91 Å². The first-order valence-corrected chi connectivity index (χ1v) is 9.59. The third-order valence-electron chi connectivity index (χ3n) is 5.96. The van der Waals surface area contributed by atoms with Crippen LogP contribution in [0.1, 0.15) is 42.6 Å². The van der Waals surface area contributed by atoms with E-state index in [1.165, 1.54) is 12.8 Å². The monoisotopic (exact) mass is 344 g/mol. The maximum absolute atomic E-state index is 12.8. The fourth-order valence-corrected chi connectivity index (χ4v) is 4.16. The fraction of sp³-hybridized carbons (Fsp3) is 0.650. The minimum absolute atomic E-state index is 0.117. The Bertz CT molecular complexity index is 600. The van der Waals surface area contributed by atoms with Crippen molar-refractivity contribution in [2.75, 3.05) is 45.0 Å². The lowest BCUT2D eigenvalue weighted by Gasteiger charge is -2.36. The molecule has 2 heterocycles. The number of nitrogen functional groups attached to an aromatic ring is 1. The quantitative estimate of drug-likeness (QED) is 0.851. The molecule has 0 radical (unpaired) electrons. The number of carbonyl (C=O) groups is 1. The molecule has 0 bridgehead atoms. The Hall–Kier alpha value is -1.59. The predicted octanol–water partition coefficient (Wildman–Crippen LogP) is 2.21.